The Labute approximate surface area is 265 Å². The minimum Gasteiger partial charge on any atom is -0.497 e. The summed E-state index contributed by atoms with van der Waals surface area (Å²) >= 11 is 0. The molecule has 0 unspecified atom stereocenters. The van der Waals surface area contributed by atoms with E-state index in [1.54, 1.807) is 13.2 Å². The molecule has 7 aromatic rings. The van der Waals surface area contributed by atoms with Gasteiger partial charge < -0.3 is 23.4 Å². The summed E-state index contributed by atoms with van der Waals surface area (Å²) in [6.45, 7) is 0. The molecule has 0 atom stereocenters. The van der Waals surface area contributed by atoms with E-state index in [2.05, 4.69) is 4.90 Å². The number of rotatable bonds is 7. The Bertz CT molecular complexity index is 2310. The highest BCUT2D eigenvalue weighted by atomic mass is 16.5. The van der Waals surface area contributed by atoms with Gasteiger partial charge in [-0.3, -0.25) is 0 Å². The Hall–Kier alpha value is -6.08. The zero-order chi connectivity index (χ0) is 31.8. The fraction of sp³-hybridized carbons (Fsp3) is 0.0769. The molecule has 0 aliphatic heterocycles. The van der Waals surface area contributed by atoms with Crippen LogP contribution in [-0.2, 0) is 0 Å². The molecule has 7 nitrogen and oxygen atoms in total. The van der Waals surface area contributed by atoms with Gasteiger partial charge in [0.1, 0.15) is 16.9 Å². The van der Waals surface area contributed by atoms with Gasteiger partial charge in [-0.15, -0.1) is 0 Å². The Morgan fingerprint density at radius 1 is 0.522 bits per heavy atom. The quantitative estimate of drug-likeness (QED) is 0.168. The topological polar surface area (TPSA) is 76.1 Å². The van der Waals surface area contributed by atoms with Gasteiger partial charge in [-0.1, -0.05) is 42.5 Å². The first-order valence-corrected chi connectivity index (χ1v) is 14.8. The second kappa shape index (κ2) is 11.8. The van der Waals surface area contributed by atoms with E-state index in [0.717, 1.165) is 44.6 Å². The maximum absolute atomic E-state index is 13.0. The van der Waals surface area contributed by atoms with Gasteiger partial charge in [0.25, 0.3) is 0 Å². The Morgan fingerprint density at radius 3 is 1.52 bits per heavy atom. The number of methoxy groups -OCH3 is 1. The van der Waals surface area contributed by atoms with Crippen molar-refractivity contribution in [1.82, 2.24) is 0 Å². The third kappa shape index (κ3) is 5.39. The summed E-state index contributed by atoms with van der Waals surface area (Å²) in [5.41, 5.74) is 6.45. The van der Waals surface area contributed by atoms with Crippen molar-refractivity contribution in [2.75, 3.05) is 31.0 Å². The molecule has 2 aromatic heterocycles. The Morgan fingerprint density at radius 2 is 1.00 bits per heavy atom. The number of hydrogen-bond donors (Lipinski definition) is 0. The Kier molecular flexibility index (Phi) is 7.35. The molecule has 5 aromatic carbocycles. The van der Waals surface area contributed by atoms with Crippen LogP contribution in [0.3, 0.4) is 0 Å². The van der Waals surface area contributed by atoms with Crippen LogP contribution in [0.4, 0.5) is 22.7 Å². The van der Waals surface area contributed by atoms with Crippen LogP contribution in [0.15, 0.2) is 146 Å². The molecule has 0 amide bonds. The van der Waals surface area contributed by atoms with Gasteiger partial charge in [-0.25, -0.2) is 9.59 Å². The molecule has 0 N–H and O–H groups in total. The number of benzene rings is 5. The lowest BCUT2D eigenvalue weighted by atomic mass is 10.0. The summed E-state index contributed by atoms with van der Waals surface area (Å²) < 4.78 is 16.6. The van der Waals surface area contributed by atoms with Gasteiger partial charge in [0.15, 0.2) is 0 Å². The van der Waals surface area contributed by atoms with E-state index in [9.17, 15) is 9.59 Å². The standard InChI is InChI=1S/C39H30N2O5/c1-40(2)32-19-13-27-21-34(38(42)45-36(27)23-32)25-9-15-30(16-10-25)41(29-7-5-4-6-8-29)31-17-11-26(12-18-31)35-22-28-14-20-33(44-3)24-37(28)46-39(35)43/h4-24H,1-3H3. The Balaban J connectivity index is 1.23. The van der Waals surface area contributed by atoms with Crippen LogP contribution >= 0.6 is 0 Å². The van der Waals surface area contributed by atoms with Crippen LogP contribution in [-0.4, -0.2) is 21.2 Å². The molecule has 46 heavy (non-hydrogen) atoms. The van der Waals surface area contributed by atoms with Gasteiger partial charge in [0.05, 0.1) is 18.2 Å². The number of ether oxygens (including phenoxy) is 1. The summed E-state index contributed by atoms with van der Waals surface area (Å²) in [6, 6.07) is 40.6. The molecule has 0 radical (unpaired) electrons. The summed E-state index contributed by atoms with van der Waals surface area (Å²) in [5, 5.41) is 1.67. The van der Waals surface area contributed by atoms with Crippen molar-refractivity contribution in [2.24, 2.45) is 0 Å². The molecule has 7 heteroatoms. The highest BCUT2D eigenvalue weighted by molar-refractivity contribution is 5.86. The van der Waals surface area contributed by atoms with E-state index in [0.29, 0.717) is 28.0 Å². The molecule has 0 spiro atoms. The summed E-state index contributed by atoms with van der Waals surface area (Å²) in [5.74, 6) is 0.626. The van der Waals surface area contributed by atoms with E-state index in [4.69, 9.17) is 13.6 Å². The van der Waals surface area contributed by atoms with E-state index in [1.165, 1.54) is 0 Å². The zero-order valence-corrected chi connectivity index (χ0v) is 25.6. The SMILES string of the molecule is COc1ccc2cc(-c3ccc(N(c4ccccc4)c4ccc(-c5cc6ccc(N(C)C)cc6oc5=O)cc4)cc3)c(=O)oc2c1. The maximum Gasteiger partial charge on any atom is 0.344 e. The third-order valence-electron chi connectivity index (χ3n) is 8.07. The van der Waals surface area contributed by atoms with Crippen LogP contribution in [0, 0.1) is 0 Å². The molecule has 0 bridgehead atoms. The smallest absolute Gasteiger partial charge is 0.344 e. The zero-order valence-electron chi connectivity index (χ0n) is 25.6. The molecule has 0 saturated carbocycles. The number of nitrogens with zero attached hydrogens (tertiary/aromatic N) is 2. The van der Waals surface area contributed by atoms with Crippen molar-refractivity contribution in [1.29, 1.82) is 0 Å². The predicted octanol–water partition coefficient (Wildman–Crippen LogP) is 8.78. The first-order valence-electron chi connectivity index (χ1n) is 14.8. The second-order valence-corrected chi connectivity index (χ2v) is 11.2. The number of fused-ring (bicyclic) bond motifs is 2. The van der Waals surface area contributed by atoms with Gasteiger partial charge in [0.2, 0.25) is 0 Å². The second-order valence-electron chi connectivity index (χ2n) is 11.2. The van der Waals surface area contributed by atoms with E-state index in [1.807, 2.05) is 140 Å². The van der Waals surface area contributed by atoms with Gasteiger partial charge in [-0.2, -0.15) is 0 Å². The maximum atomic E-state index is 13.0. The van der Waals surface area contributed by atoms with Crippen LogP contribution < -0.4 is 25.8 Å². The van der Waals surface area contributed by atoms with Crippen molar-refractivity contribution in [3.05, 3.63) is 148 Å². The van der Waals surface area contributed by atoms with Gasteiger partial charge in [0, 0.05) is 59.8 Å². The average Bonchev–Trinajstić information content (AvgIpc) is 3.08. The first kappa shape index (κ1) is 28.7. The van der Waals surface area contributed by atoms with Gasteiger partial charge >= 0.3 is 11.3 Å². The highest BCUT2D eigenvalue weighted by Crippen LogP contribution is 2.36. The number of hydrogen-bond acceptors (Lipinski definition) is 7. The minimum atomic E-state index is -0.416. The largest absolute Gasteiger partial charge is 0.497 e. The van der Waals surface area contributed by atoms with E-state index < -0.39 is 5.63 Å². The fourth-order valence-electron chi connectivity index (χ4n) is 5.60. The molecular formula is C39H30N2O5. The van der Waals surface area contributed by atoms with E-state index >= 15 is 0 Å². The molecule has 2 heterocycles. The lowest BCUT2D eigenvalue weighted by Gasteiger charge is -2.25. The average molecular weight is 607 g/mol. The summed E-state index contributed by atoms with van der Waals surface area (Å²) in [4.78, 5) is 30.0. The normalized spacial score (nSPS) is 11.1. The minimum absolute atomic E-state index is 0.385. The van der Waals surface area contributed by atoms with Crippen LogP contribution in [0.2, 0.25) is 0 Å². The monoisotopic (exact) mass is 606 g/mol. The molecule has 7 rings (SSSR count). The van der Waals surface area contributed by atoms with Crippen molar-refractivity contribution in [3.63, 3.8) is 0 Å². The summed E-state index contributed by atoms with van der Waals surface area (Å²) in [7, 11) is 5.47. The molecule has 0 aliphatic carbocycles. The lowest BCUT2D eigenvalue weighted by Crippen LogP contribution is -2.10. The van der Waals surface area contributed by atoms with Crippen molar-refractivity contribution >= 4 is 44.7 Å². The predicted molar refractivity (Wildman–Crippen MR) is 185 cm³/mol. The highest BCUT2D eigenvalue weighted by Gasteiger charge is 2.16. The van der Waals surface area contributed by atoms with Gasteiger partial charge in [-0.05, 0) is 83.9 Å². The van der Waals surface area contributed by atoms with Crippen LogP contribution in [0.25, 0.3) is 44.2 Å². The fourth-order valence-corrected chi connectivity index (χ4v) is 5.60. The summed E-state index contributed by atoms with van der Waals surface area (Å²) in [6.07, 6.45) is 0. The molecule has 0 saturated heterocycles. The lowest BCUT2D eigenvalue weighted by molar-refractivity contribution is 0.414. The molecule has 0 fully saturated rings. The van der Waals surface area contributed by atoms with Crippen molar-refractivity contribution < 1.29 is 13.6 Å². The molecule has 0 aliphatic rings. The third-order valence-corrected chi connectivity index (χ3v) is 8.07. The molecule has 226 valence electrons. The number of anilines is 4. The van der Waals surface area contributed by atoms with E-state index in [-0.39, 0.29) is 5.63 Å². The van der Waals surface area contributed by atoms with Crippen molar-refractivity contribution in [3.8, 4) is 28.0 Å². The molecular weight excluding hydrogens is 576 g/mol. The van der Waals surface area contributed by atoms with Crippen molar-refractivity contribution in [2.45, 2.75) is 0 Å². The first-order chi connectivity index (χ1) is 22.4. The number of para-hydroxylation sites is 1. The van der Waals surface area contributed by atoms with Crippen LogP contribution in [0.1, 0.15) is 0 Å². The van der Waals surface area contributed by atoms with Crippen LogP contribution in [0.5, 0.6) is 5.75 Å².